The number of halogens is 4. The van der Waals surface area contributed by atoms with E-state index < -0.39 is 23.3 Å². The molecule has 4 heterocycles. The number of aromatic nitrogens is 4. The van der Waals surface area contributed by atoms with Crippen molar-refractivity contribution in [2.45, 2.75) is 33.1 Å². The summed E-state index contributed by atoms with van der Waals surface area (Å²) in [6.45, 7) is 3.68. The van der Waals surface area contributed by atoms with Gasteiger partial charge in [0.2, 0.25) is 0 Å². The van der Waals surface area contributed by atoms with Gasteiger partial charge in [-0.05, 0) is 60.4 Å². The molecule has 11 heteroatoms. The number of benzene rings is 2. The van der Waals surface area contributed by atoms with Crippen LogP contribution in [0.2, 0.25) is 0 Å². The van der Waals surface area contributed by atoms with E-state index in [0.29, 0.717) is 34.6 Å². The highest BCUT2D eigenvalue weighted by Crippen LogP contribution is 2.41. The van der Waals surface area contributed by atoms with Crippen LogP contribution >= 0.6 is 0 Å². The van der Waals surface area contributed by atoms with Crippen molar-refractivity contribution in [2.75, 3.05) is 0 Å². The van der Waals surface area contributed by atoms with E-state index in [1.54, 1.807) is 24.3 Å². The summed E-state index contributed by atoms with van der Waals surface area (Å²) >= 11 is 0. The second-order valence-electron chi connectivity index (χ2n) is 9.33. The zero-order valence-electron chi connectivity index (χ0n) is 20.7. The Morgan fingerprint density at radius 3 is 2.64 bits per heavy atom. The van der Waals surface area contributed by atoms with Crippen LogP contribution in [0.5, 0.6) is 5.75 Å². The molecule has 0 aliphatic carbocycles. The summed E-state index contributed by atoms with van der Waals surface area (Å²) in [5.41, 5.74) is 5.24. The average molecular weight is 536 g/mol. The van der Waals surface area contributed by atoms with Gasteiger partial charge < -0.3 is 9.14 Å². The second kappa shape index (κ2) is 8.97. The maximum Gasteiger partial charge on any atom is 0.439 e. The molecular weight excluding hydrogens is 516 g/mol. The van der Waals surface area contributed by atoms with Crippen molar-refractivity contribution in [3.05, 3.63) is 116 Å². The third-order valence-electron chi connectivity index (χ3n) is 6.83. The Hall–Kier alpha value is -4.67. The molecule has 0 saturated heterocycles. The van der Waals surface area contributed by atoms with Crippen LogP contribution in [0.15, 0.2) is 64.0 Å². The average Bonchev–Trinajstić information content (AvgIpc) is 3.41. The lowest BCUT2D eigenvalue weighted by Crippen LogP contribution is -2.06. The summed E-state index contributed by atoms with van der Waals surface area (Å²) in [6.07, 6.45) is -2.67. The zero-order chi connectivity index (χ0) is 27.5. The van der Waals surface area contributed by atoms with Crippen LogP contribution in [-0.4, -0.2) is 19.5 Å². The lowest BCUT2D eigenvalue weighted by atomic mass is 9.89. The first kappa shape index (κ1) is 24.7. The fourth-order valence-electron chi connectivity index (χ4n) is 4.95. The molecule has 1 aliphatic rings. The fourth-order valence-corrected chi connectivity index (χ4v) is 4.95. The summed E-state index contributed by atoms with van der Waals surface area (Å²) in [7, 11) is 0. The first-order chi connectivity index (χ1) is 18.6. The number of rotatable bonds is 3. The Morgan fingerprint density at radius 1 is 1.10 bits per heavy atom. The summed E-state index contributed by atoms with van der Waals surface area (Å²) in [4.78, 5) is 18.5. The molecule has 0 radical (unpaired) electrons. The number of nitrogens with zero attached hydrogens (tertiary/aromatic N) is 3. The summed E-state index contributed by atoms with van der Waals surface area (Å²) < 4.78 is 66.0. The van der Waals surface area contributed by atoms with Gasteiger partial charge in [0.05, 0.1) is 11.3 Å². The summed E-state index contributed by atoms with van der Waals surface area (Å²) in [5, 5.41) is 3.82. The van der Waals surface area contributed by atoms with Crippen LogP contribution in [0.4, 0.5) is 17.6 Å². The topological polar surface area (TPSA) is 85.4 Å². The van der Waals surface area contributed by atoms with E-state index in [1.807, 2.05) is 18.2 Å². The predicted octanol–water partition coefficient (Wildman–Crippen LogP) is 5.94. The van der Waals surface area contributed by atoms with Crippen LogP contribution in [0.25, 0.3) is 16.8 Å². The van der Waals surface area contributed by atoms with E-state index in [9.17, 15) is 22.4 Å². The minimum absolute atomic E-state index is 0.146. The van der Waals surface area contributed by atoms with Crippen molar-refractivity contribution >= 4 is 16.8 Å². The van der Waals surface area contributed by atoms with Crippen molar-refractivity contribution < 1.29 is 26.8 Å². The lowest BCUT2D eigenvalue weighted by molar-refractivity contribution is -0.137. The Labute approximate surface area is 218 Å². The normalized spacial score (nSPS) is 14.5. The third kappa shape index (κ3) is 4.39. The minimum atomic E-state index is -4.46. The number of ether oxygens (including phenoxy) is 1. The van der Waals surface area contributed by atoms with Crippen molar-refractivity contribution in [1.29, 1.82) is 0 Å². The lowest BCUT2D eigenvalue weighted by Gasteiger charge is -2.14. The van der Waals surface area contributed by atoms with E-state index in [1.165, 1.54) is 18.3 Å². The Kier molecular flexibility index (Phi) is 5.67. The first-order valence-electron chi connectivity index (χ1n) is 12.0. The van der Waals surface area contributed by atoms with E-state index in [-0.39, 0.29) is 18.1 Å². The number of imidazole rings is 1. The van der Waals surface area contributed by atoms with Gasteiger partial charge >= 0.3 is 11.9 Å². The molecule has 1 aliphatic heterocycles. The molecule has 6 rings (SSSR count). The Bertz CT molecular complexity index is 1850. The maximum atomic E-state index is 14.1. The van der Waals surface area contributed by atoms with Gasteiger partial charge in [-0.1, -0.05) is 23.4 Å². The SMILES string of the molecule is C/C(=C1/c2ccc(Cc3c(C)nc4cc(C(F)(F)F)ccn34)cc2COc2cc(F)ccc21)c1noc(=O)[nH]1. The quantitative estimate of drug-likeness (QED) is 0.289. The molecule has 0 spiro atoms. The number of hydrogen-bond acceptors (Lipinski definition) is 5. The molecule has 3 aromatic heterocycles. The number of hydrogen-bond donors (Lipinski definition) is 1. The highest BCUT2D eigenvalue weighted by atomic mass is 19.4. The molecule has 0 unspecified atom stereocenters. The number of fused-ring (bicyclic) bond motifs is 3. The monoisotopic (exact) mass is 536 g/mol. The van der Waals surface area contributed by atoms with Crippen molar-refractivity contribution in [2.24, 2.45) is 0 Å². The van der Waals surface area contributed by atoms with Gasteiger partial charge in [-0.3, -0.25) is 9.51 Å². The van der Waals surface area contributed by atoms with E-state index >= 15 is 0 Å². The van der Waals surface area contributed by atoms with Gasteiger partial charge in [0.1, 0.15) is 23.8 Å². The van der Waals surface area contributed by atoms with E-state index in [4.69, 9.17) is 9.26 Å². The fraction of sp³-hybridized carbons (Fsp3) is 0.179. The Morgan fingerprint density at radius 2 is 1.90 bits per heavy atom. The van der Waals surface area contributed by atoms with Gasteiger partial charge in [-0.15, -0.1) is 0 Å². The third-order valence-corrected chi connectivity index (χ3v) is 6.83. The van der Waals surface area contributed by atoms with Crippen LogP contribution < -0.4 is 10.5 Å². The standard InChI is InChI=1S/C28H20F4N4O3/c1-14(26-34-27(37)39-35-26)25-20-5-3-16(9-17(20)13-38-23-12-19(29)4-6-21(23)25)10-22-15(2)33-24-11-18(28(30,31)32)7-8-36(22)24/h3-9,11-12H,10,13H2,1-2H3,(H,34,35,37)/b25-14+. The Balaban J connectivity index is 1.44. The molecule has 0 saturated carbocycles. The molecule has 0 fully saturated rings. The predicted molar refractivity (Wildman–Crippen MR) is 134 cm³/mol. The number of aromatic amines is 1. The molecule has 2 aromatic carbocycles. The highest BCUT2D eigenvalue weighted by Gasteiger charge is 2.31. The van der Waals surface area contributed by atoms with Crippen molar-refractivity contribution in [3.8, 4) is 5.75 Å². The van der Waals surface area contributed by atoms with Gasteiger partial charge in [-0.2, -0.15) is 13.2 Å². The molecule has 0 amide bonds. The first-order valence-corrected chi connectivity index (χ1v) is 12.0. The number of allylic oxidation sites excluding steroid dienone is 1. The maximum absolute atomic E-state index is 14.1. The van der Waals surface area contributed by atoms with Crippen molar-refractivity contribution in [3.63, 3.8) is 0 Å². The largest absolute Gasteiger partial charge is 0.488 e. The highest BCUT2D eigenvalue weighted by molar-refractivity contribution is 5.99. The van der Waals surface area contributed by atoms with E-state index in [0.717, 1.165) is 34.5 Å². The molecule has 198 valence electrons. The van der Waals surface area contributed by atoms with Gasteiger partial charge in [-0.25, -0.2) is 14.2 Å². The molecular formula is C28H20F4N4O3. The van der Waals surface area contributed by atoms with Gasteiger partial charge in [0.15, 0.2) is 5.82 Å². The number of alkyl halides is 3. The molecule has 0 bridgehead atoms. The van der Waals surface area contributed by atoms with E-state index in [2.05, 4.69) is 15.1 Å². The summed E-state index contributed by atoms with van der Waals surface area (Å²) in [5.74, 6) is -0.577. The van der Waals surface area contributed by atoms with Crippen LogP contribution in [0.1, 0.15) is 52.0 Å². The van der Waals surface area contributed by atoms with Crippen molar-refractivity contribution in [1.82, 2.24) is 19.5 Å². The van der Waals surface area contributed by atoms with Crippen LogP contribution in [0.3, 0.4) is 0 Å². The zero-order valence-corrected chi connectivity index (χ0v) is 20.7. The molecule has 0 atom stereocenters. The van der Waals surface area contributed by atoms with Crippen LogP contribution in [-0.2, 0) is 19.2 Å². The second-order valence-corrected chi connectivity index (χ2v) is 9.33. The smallest absolute Gasteiger partial charge is 0.439 e. The summed E-state index contributed by atoms with van der Waals surface area (Å²) in [6, 6.07) is 12.1. The number of nitrogens with one attached hydrogen (secondary N) is 1. The van der Waals surface area contributed by atoms with Crippen LogP contribution in [0, 0.1) is 12.7 Å². The molecule has 1 N–H and O–H groups in total. The van der Waals surface area contributed by atoms with Gasteiger partial charge in [0, 0.05) is 35.5 Å². The molecule has 39 heavy (non-hydrogen) atoms. The number of H-pyrrole nitrogens is 1. The molecule has 5 aromatic rings. The molecule has 7 nitrogen and oxygen atoms in total. The number of aryl methyl sites for hydroxylation is 1. The number of pyridine rings is 1. The minimum Gasteiger partial charge on any atom is -0.488 e. The van der Waals surface area contributed by atoms with Gasteiger partial charge in [0.25, 0.3) is 0 Å².